The molecule has 5 nitrogen and oxygen atoms in total. The zero-order chi connectivity index (χ0) is 14.7. The van der Waals surface area contributed by atoms with Crippen LogP contribution in [0.4, 0.5) is 0 Å². The Balaban J connectivity index is 2.34. The summed E-state index contributed by atoms with van der Waals surface area (Å²) in [6.45, 7) is 9.69. The molecule has 2 rings (SSSR count). The van der Waals surface area contributed by atoms with Crippen molar-refractivity contribution in [1.82, 2.24) is 14.5 Å². The zero-order valence-electron chi connectivity index (χ0n) is 12.5. The standard InChI is InChI=1S/C15H21N3O2/c1-5-17(6-2)14(19)9-18-12(4)11(3)16-15(18)13-7-8-20-10-13/h7-8,10H,5-6,9H2,1-4H3. The number of likely N-dealkylation sites (N-methyl/N-ethyl adjacent to an activating group) is 1. The highest BCUT2D eigenvalue weighted by Gasteiger charge is 2.18. The molecule has 0 fully saturated rings. The molecule has 20 heavy (non-hydrogen) atoms. The number of carbonyl (C=O) groups is 1. The van der Waals surface area contributed by atoms with Crippen LogP contribution in [0.3, 0.4) is 0 Å². The van der Waals surface area contributed by atoms with Gasteiger partial charge in [-0.25, -0.2) is 4.98 Å². The molecular weight excluding hydrogens is 254 g/mol. The van der Waals surface area contributed by atoms with Crippen molar-refractivity contribution in [3.63, 3.8) is 0 Å². The maximum atomic E-state index is 12.3. The minimum absolute atomic E-state index is 0.111. The number of carbonyl (C=O) groups excluding carboxylic acids is 1. The normalized spacial score (nSPS) is 10.8. The summed E-state index contributed by atoms with van der Waals surface area (Å²) in [5, 5.41) is 0. The van der Waals surface area contributed by atoms with Crippen molar-refractivity contribution < 1.29 is 9.21 Å². The van der Waals surface area contributed by atoms with Gasteiger partial charge in [-0.05, 0) is 33.8 Å². The van der Waals surface area contributed by atoms with E-state index in [-0.39, 0.29) is 5.91 Å². The quantitative estimate of drug-likeness (QED) is 0.843. The summed E-state index contributed by atoms with van der Waals surface area (Å²) in [7, 11) is 0. The highest BCUT2D eigenvalue weighted by molar-refractivity contribution is 5.77. The lowest BCUT2D eigenvalue weighted by atomic mass is 10.3. The third-order valence-electron chi connectivity index (χ3n) is 3.65. The van der Waals surface area contributed by atoms with Gasteiger partial charge in [0.15, 0.2) is 0 Å². The van der Waals surface area contributed by atoms with E-state index < -0.39 is 0 Å². The Kier molecular flexibility index (Phi) is 4.27. The van der Waals surface area contributed by atoms with Crippen molar-refractivity contribution in [2.24, 2.45) is 0 Å². The fourth-order valence-electron chi connectivity index (χ4n) is 2.27. The van der Waals surface area contributed by atoms with Crippen LogP contribution in [0.5, 0.6) is 0 Å². The Morgan fingerprint density at radius 3 is 2.60 bits per heavy atom. The molecule has 0 saturated carbocycles. The Hall–Kier alpha value is -2.04. The van der Waals surface area contributed by atoms with Crippen LogP contribution in [0.2, 0.25) is 0 Å². The Morgan fingerprint density at radius 2 is 2.05 bits per heavy atom. The van der Waals surface area contributed by atoms with E-state index in [9.17, 15) is 4.79 Å². The molecule has 0 unspecified atom stereocenters. The second-order valence-electron chi connectivity index (χ2n) is 4.77. The number of rotatable bonds is 5. The summed E-state index contributed by atoms with van der Waals surface area (Å²) in [6.07, 6.45) is 3.27. The summed E-state index contributed by atoms with van der Waals surface area (Å²) in [5.41, 5.74) is 2.85. The molecule has 1 amide bonds. The highest BCUT2D eigenvalue weighted by Crippen LogP contribution is 2.22. The number of aromatic nitrogens is 2. The fourth-order valence-corrected chi connectivity index (χ4v) is 2.27. The summed E-state index contributed by atoms with van der Waals surface area (Å²) >= 11 is 0. The van der Waals surface area contributed by atoms with Crippen LogP contribution in [0.1, 0.15) is 25.2 Å². The van der Waals surface area contributed by atoms with Crippen molar-refractivity contribution in [1.29, 1.82) is 0 Å². The summed E-state index contributed by atoms with van der Waals surface area (Å²) in [6, 6.07) is 1.86. The van der Waals surface area contributed by atoms with E-state index in [0.717, 1.165) is 35.9 Å². The van der Waals surface area contributed by atoms with Crippen molar-refractivity contribution in [3.8, 4) is 11.4 Å². The van der Waals surface area contributed by atoms with Gasteiger partial charge in [-0.2, -0.15) is 0 Å². The van der Waals surface area contributed by atoms with E-state index in [1.165, 1.54) is 0 Å². The lowest BCUT2D eigenvalue weighted by molar-refractivity contribution is -0.131. The third-order valence-corrected chi connectivity index (χ3v) is 3.65. The Morgan fingerprint density at radius 1 is 1.35 bits per heavy atom. The van der Waals surface area contributed by atoms with Crippen LogP contribution in [-0.2, 0) is 11.3 Å². The van der Waals surface area contributed by atoms with Crippen molar-refractivity contribution >= 4 is 5.91 Å². The molecule has 0 bridgehead atoms. The van der Waals surface area contributed by atoms with Crippen LogP contribution in [0, 0.1) is 13.8 Å². The van der Waals surface area contributed by atoms with Crippen LogP contribution in [0.15, 0.2) is 23.0 Å². The topological polar surface area (TPSA) is 51.3 Å². The molecule has 5 heteroatoms. The molecule has 0 aliphatic heterocycles. The average Bonchev–Trinajstić information content (AvgIpc) is 3.04. The minimum atomic E-state index is 0.111. The van der Waals surface area contributed by atoms with Crippen molar-refractivity contribution in [3.05, 3.63) is 30.0 Å². The van der Waals surface area contributed by atoms with Gasteiger partial charge in [0.05, 0.1) is 17.5 Å². The SMILES string of the molecule is CCN(CC)C(=O)Cn1c(-c2ccoc2)nc(C)c1C. The van der Waals surface area contributed by atoms with Gasteiger partial charge in [0.25, 0.3) is 0 Å². The first-order chi connectivity index (χ1) is 9.58. The predicted octanol–water partition coefficient (Wildman–Crippen LogP) is 2.63. The average molecular weight is 275 g/mol. The molecule has 2 aromatic rings. The Bertz CT molecular complexity index is 581. The van der Waals surface area contributed by atoms with E-state index >= 15 is 0 Å². The molecule has 0 N–H and O–H groups in total. The van der Waals surface area contributed by atoms with E-state index in [1.54, 1.807) is 12.5 Å². The van der Waals surface area contributed by atoms with Crippen LogP contribution >= 0.6 is 0 Å². The molecule has 0 aromatic carbocycles. The molecular formula is C15H21N3O2. The highest BCUT2D eigenvalue weighted by atomic mass is 16.3. The number of amides is 1. The maximum Gasteiger partial charge on any atom is 0.242 e. The van der Waals surface area contributed by atoms with Gasteiger partial charge in [0, 0.05) is 18.8 Å². The lowest BCUT2D eigenvalue weighted by Gasteiger charge is -2.20. The van der Waals surface area contributed by atoms with E-state index in [0.29, 0.717) is 6.54 Å². The molecule has 0 radical (unpaired) electrons. The molecule has 2 aromatic heterocycles. The summed E-state index contributed by atoms with van der Waals surface area (Å²) in [5.74, 6) is 0.898. The molecule has 108 valence electrons. The summed E-state index contributed by atoms with van der Waals surface area (Å²) in [4.78, 5) is 18.7. The van der Waals surface area contributed by atoms with Crippen LogP contribution < -0.4 is 0 Å². The Labute approximate surface area is 119 Å². The maximum absolute atomic E-state index is 12.3. The first kappa shape index (κ1) is 14.4. The van der Waals surface area contributed by atoms with Crippen LogP contribution in [-0.4, -0.2) is 33.4 Å². The molecule has 0 atom stereocenters. The van der Waals surface area contributed by atoms with E-state index in [4.69, 9.17) is 4.42 Å². The molecule has 0 saturated heterocycles. The summed E-state index contributed by atoms with van der Waals surface area (Å²) < 4.78 is 7.08. The molecule has 0 aliphatic rings. The smallest absolute Gasteiger partial charge is 0.242 e. The van der Waals surface area contributed by atoms with E-state index in [2.05, 4.69) is 4.98 Å². The fraction of sp³-hybridized carbons (Fsp3) is 0.467. The molecule has 0 spiro atoms. The van der Waals surface area contributed by atoms with Crippen LogP contribution in [0.25, 0.3) is 11.4 Å². The van der Waals surface area contributed by atoms with Gasteiger partial charge in [0.2, 0.25) is 5.91 Å². The monoisotopic (exact) mass is 275 g/mol. The largest absolute Gasteiger partial charge is 0.472 e. The first-order valence-corrected chi connectivity index (χ1v) is 6.92. The second kappa shape index (κ2) is 5.94. The number of hydrogen-bond donors (Lipinski definition) is 0. The van der Waals surface area contributed by atoms with Gasteiger partial charge >= 0.3 is 0 Å². The van der Waals surface area contributed by atoms with Gasteiger partial charge in [-0.3, -0.25) is 4.79 Å². The van der Waals surface area contributed by atoms with Gasteiger partial charge in [0.1, 0.15) is 18.6 Å². The van der Waals surface area contributed by atoms with Gasteiger partial charge in [-0.15, -0.1) is 0 Å². The lowest BCUT2D eigenvalue weighted by Crippen LogP contribution is -2.33. The molecule has 2 heterocycles. The van der Waals surface area contributed by atoms with Gasteiger partial charge in [-0.1, -0.05) is 0 Å². The number of furan rings is 1. The first-order valence-electron chi connectivity index (χ1n) is 6.92. The number of imidazole rings is 1. The van der Waals surface area contributed by atoms with Gasteiger partial charge < -0.3 is 13.9 Å². The number of nitrogens with zero attached hydrogens (tertiary/aromatic N) is 3. The van der Waals surface area contributed by atoms with E-state index in [1.807, 2.05) is 43.2 Å². The predicted molar refractivity (Wildman–Crippen MR) is 77.3 cm³/mol. The third kappa shape index (κ3) is 2.61. The number of aryl methyl sites for hydroxylation is 1. The van der Waals surface area contributed by atoms with Crippen molar-refractivity contribution in [2.45, 2.75) is 34.2 Å². The zero-order valence-corrected chi connectivity index (χ0v) is 12.5. The number of hydrogen-bond acceptors (Lipinski definition) is 3. The minimum Gasteiger partial charge on any atom is -0.472 e. The second-order valence-corrected chi connectivity index (χ2v) is 4.77. The van der Waals surface area contributed by atoms with Crippen molar-refractivity contribution in [2.75, 3.05) is 13.1 Å². The molecule has 0 aliphatic carbocycles.